The Balaban J connectivity index is 2.34. The highest BCUT2D eigenvalue weighted by Gasteiger charge is 2.36. The lowest BCUT2D eigenvalue weighted by molar-refractivity contribution is 0.0635. The van der Waals surface area contributed by atoms with Crippen LogP contribution in [-0.4, -0.2) is 25.3 Å². The number of benzene rings is 1. The Bertz CT molecular complexity index is 558. The Kier molecular flexibility index (Phi) is 5.19. The molecular weight excluding hydrogens is 292 g/mol. The van der Waals surface area contributed by atoms with E-state index in [2.05, 4.69) is 5.32 Å². The van der Waals surface area contributed by atoms with E-state index in [0.29, 0.717) is 12.3 Å². The van der Waals surface area contributed by atoms with Crippen LogP contribution in [-0.2, 0) is 10.2 Å². The molecule has 1 aliphatic rings. The van der Waals surface area contributed by atoms with Gasteiger partial charge in [-0.2, -0.15) is 0 Å². The van der Waals surface area contributed by atoms with Crippen LogP contribution in [0.2, 0.25) is 0 Å². The Hall–Kier alpha value is -1.75. The van der Waals surface area contributed by atoms with Crippen molar-refractivity contribution in [2.75, 3.05) is 19.0 Å². The van der Waals surface area contributed by atoms with Crippen LogP contribution >= 0.6 is 0 Å². The topological polar surface area (TPSA) is 73.6 Å². The van der Waals surface area contributed by atoms with Crippen LogP contribution < -0.4 is 15.8 Å². The Labute approximate surface area is 138 Å². The molecule has 1 saturated carbocycles. The fourth-order valence-corrected chi connectivity index (χ4v) is 3.26. The third kappa shape index (κ3) is 4.16. The standard InChI is InChI=1S/C18H28N2O3/c1-17(2,3)23-16(21)20-15-11-13(22-4)7-8-14(15)18(12-19)9-5-6-10-18/h7-8,11H,5-6,9-10,12,19H2,1-4H3,(H,20,21). The smallest absolute Gasteiger partial charge is 0.412 e. The fourth-order valence-electron chi connectivity index (χ4n) is 3.26. The van der Waals surface area contributed by atoms with Gasteiger partial charge >= 0.3 is 6.09 Å². The van der Waals surface area contributed by atoms with Crippen molar-refractivity contribution in [3.63, 3.8) is 0 Å². The predicted octanol–water partition coefficient (Wildman–Crippen LogP) is 3.81. The van der Waals surface area contributed by atoms with Crippen LogP contribution in [0, 0.1) is 0 Å². The molecule has 1 aromatic carbocycles. The first-order valence-electron chi connectivity index (χ1n) is 8.18. The normalized spacial score (nSPS) is 16.9. The zero-order chi connectivity index (χ0) is 17.1. The zero-order valence-corrected chi connectivity index (χ0v) is 14.6. The van der Waals surface area contributed by atoms with Crippen molar-refractivity contribution < 1.29 is 14.3 Å². The molecule has 0 atom stereocenters. The molecule has 0 aliphatic heterocycles. The van der Waals surface area contributed by atoms with Crippen LogP contribution in [0.1, 0.15) is 52.0 Å². The molecule has 0 bridgehead atoms. The molecular formula is C18H28N2O3. The van der Waals surface area contributed by atoms with Gasteiger partial charge in [0.05, 0.1) is 12.8 Å². The third-order valence-electron chi connectivity index (χ3n) is 4.39. The summed E-state index contributed by atoms with van der Waals surface area (Å²) >= 11 is 0. The third-order valence-corrected chi connectivity index (χ3v) is 4.39. The highest BCUT2D eigenvalue weighted by Crippen LogP contribution is 2.44. The Morgan fingerprint density at radius 3 is 2.48 bits per heavy atom. The number of nitrogens with one attached hydrogen (secondary N) is 1. The second kappa shape index (κ2) is 6.79. The first-order valence-corrected chi connectivity index (χ1v) is 8.18. The summed E-state index contributed by atoms with van der Waals surface area (Å²) in [6, 6.07) is 5.78. The van der Waals surface area contributed by atoms with Crippen molar-refractivity contribution in [1.82, 2.24) is 0 Å². The molecule has 5 heteroatoms. The number of carbonyl (C=O) groups excluding carboxylic acids is 1. The lowest BCUT2D eigenvalue weighted by Crippen LogP contribution is -2.34. The average molecular weight is 320 g/mol. The maximum absolute atomic E-state index is 12.2. The van der Waals surface area contributed by atoms with E-state index in [0.717, 1.165) is 36.9 Å². The first-order chi connectivity index (χ1) is 10.8. The minimum Gasteiger partial charge on any atom is -0.497 e. The second-order valence-electron chi connectivity index (χ2n) is 7.23. The van der Waals surface area contributed by atoms with E-state index >= 15 is 0 Å². The van der Waals surface area contributed by atoms with E-state index in [1.165, 1.54) is 0 Å². The van der Waals surface area contributed by atoms with Crippen LogP contribution in [0.4, 0.5) is 10.5 Å². The highest BCUT2D eigenvalue weighted by molar-refractivity contribution is 5.86. The van der Waals surface area contributed by atoms with Gasteiger partial charge in [-0.25, -0.2) is 4.79 Å². The van der Waals surface area contributed by atoms with Gasteiger partial charge in [-0.3, -0.25) is 5.32 Å². The first kappa shape index (κ1) is 17.6. The van der Waals surface area contributed by atoms with E-state index in [-0.39, 0.29) is 5.41 Å². The highest BCUT2D eigenvalue weighted by atomic mass is 16.6. The molecule has 2 rings (SSSR count). The molecule has 0 aromatic heterocycles. The number of methoxy groups -OCH3 is 1. The van der Waals surface area contributed by atoms with Crippen LogP contribution in [0.3, 0.4) is 0 Å². The summed E-state index contributed by atoms with van der Waals surface area (Å²) in [7, 11) is 1.61. The molecule has 1 aromatic rings. The largest absolute Gasteiger partial charge is 0.497 e. The van der Waals surface area contributed by atoms with E-state index in [9.17, 15) is 4.79 Å². The van der Waals surface area contributed by atoms with Crippen molar-refractivity contribution in [2.24, 2.45) is 5.73 Å². The lowest BCUT2D eigenvalue weighted by Gasteiger charge is -2.31. The summed E-state index contributed by atoms with van der Waals surface area (Å²) in [5.41, 5.74) is 7.29. The molecule has 0 heterocycles. The number of anilines is 1. The van der Waals surface area contributed by atoms with Crippen molar-refractivity contribution >= 4 is 11.8 Å². The van der Waals surface area contributed by atoms with Gasteiger partial charge in [0, 0.05) is 18.0 Å². The summed E-state index contributed by atoms with van der Waals surface area (Å²) in [6.07, 6.45) is 3.94. The molecule has 1 aliphatic carbocycles. The molecule has 3 N–H and O–H groups in total. The number of nitrogens with two attached hydrogens (primary N) is 1. The van der Waals surface area contributed by atoms with Crippen molar-refractivity contribution in [2.45, 2.75) is 57.5 Å². The number of amides is 1. The second-order valence-corrected chi connectivity index (χ2v) is 7.23. The van der Waals surface area contributed by atoms with Gasteiger partial charge in [-0.15, -0.1) is 0 Å². The summed E-state index contributed by atoms with van der Waals surface area (Å²) in [5.74, 6) is 0.699. The molecule has 0 radical (unpaired) electrons. The van der Waals surface area contributed by atoms with Crippen LogP contribution in [0.15, 0.2) is 18.2 Å². The summed E-state index contributed by atoms with van der Waals surface area (Å²) in [4.78, 5) is 12.2. The van der Waals surface area contributed by atoms with E-state index < -0.39 is 11.7 Å². The van der Waals surface area contributed by atoms with Gasteiger partial charge in [0.2, 0.25) is 0 Å². The Morgan fingerprint density at radius 2 is 1.96 bits per heavy atom. The molecule has 5 nitrogen and oxygen atoms in total. The van der Waals surface area contributed by atoms with Gasteiger partial charge in [0.1, 0.15) is 11.4 Å². The molecule has 0 saturated heterocycles. The lowest BCUT2D eigenvalue weighted by atomic mass is 9.78. The Morgan fingerprint density at radius 1 is 1.30 bits per heavy atom. The van der Waals surface area contributed by atoms with Gasteiger partial charge in [0.15, 0.2) is 0 Å². The van der Waals surface area contributed by atoms with E-state index in [1.807, 2.05) is 39.0 Å². The number of hydrogen-bond acceptors (Lipinski definition) is 4. The summed E-state index contributed by atoms with van der Waals surface area (Å²) in [6.45, 7) is 6.11. The molecule has 1 amide bonds. The van der Waals surface area contributed by atoms with Crippen molar-refractivity contribution in [1.29, 1.82) is 0 Å². The van der Waals surface area contributed by atoms with E-state index in [1.54, 1.807) is 7.11 Å². The molecule has 0 unspecified atom stereocenters. The van der Waals surface area contributed by atoms with Gasteiger partial charge in [0.25, 0.3) is 0 Å². The minimum absolute atomic E-state index is 0.0728. The quantitative estimate of drug-likeness (QED) is 0.884. The molecule has 23 heavy (non-hydrogen) atoms. The maximum Gasteiger partial charge on any atom is 0.412 e. The fraction of sp³-hybridized carbons (Fsp3) is 0.611. The SMILES string of the molecule is COc1ccc(C2(CN)CCCC2)c(NC(=O)OC(C)(C)C)c1. The van der Waals surface area contributed by atoms with Crippen LogP contribution in [0.5, 0.6) is 5.75 Å². The van der Waals surface area contributed by atoms with Crippen molar-refractivity contribution in [3.8, 4) is 5.75 Å². The van der Waals surface area contributed by atoms with Crippen LogP contribution in [0.25, 0.3) is 0 Å². The number of rotatable bonds is 4. The van der Waals surface area contributed by atoms with Crippen molar-refractivity contribution in [3.05, 3.63) is 23.8 Å². The predicted molar refractivity (Wildman–Crippen MR) is 92.1 cm³/mol. The molecule has 0 spiro atoms. The molecule has 1 fully saturated rings. The zero-order valence-electron chi connectivity index (χ0n) is 14.6. The maximum atomic E-state index is 12.2. The monoisotopic (exact) mass is 320 g/mol. The van der Waals surface area contributed by atoms with E-state index in [4.69, 9.17) is 15.2 Å². The average Bonchev–Trinajstić information content (AvgIpc) is 2.95. The number of ether oxygens (including phenoxy) is 2. The van der Waals surface area contributed by atoms with Gasteiger partial charge in [-0.1, -0.05) is 18.9 Å². The minimum atomic E-state index is -0.540. The van der Waals surface area contributed by atoms with Gasteiger partial charge < -0.3 is 15.2 Å². The summed E-state index contributed by atoms with van der Waals surface area (Å²) < 4.78 is 10.7. The molecule has 128 valence electrons. The van der Waals surface area contributed by atoms with Gasteiger partial charge in [-0.05, 0) is 45.2 Å². The summed E-state index contributed by atoms with van der Waals surface area (Å²) in [5, 5.41) is 2.88. The number of hydrogen-bond donors (Lipinski definition) is 2. The number of carbonyl (C=O) groups is 1.